The molecule has 0 aliphatic heterocycles. The Balaban J connectivity index is 2.64. The van der Waals surface area contributed by atoms with Gasteiger partial charge in [0.1, 0.15) is 6.04 Å². The fraction of sp³-hybridized carbons (Fsp3) is 0.619. The van der Waals surface area contributed by atoms with Crippen molar-refractivity contribution in [1.29, 1.82) is 0 Å². The van der Waals surface area contributed by atoms with Gasteiger partial charge in [0.25, 0.3) is 5.91 Å². The van der Waals surface area contributed by atoms with Gasteiger partial charge in [-0.05, 0) is 48.8 Å². The standard InChI is InChI=1S/C21H34N2O2/c1-6-7-8-17-9-11-18(12-10-17)20(24)23-19(16(4)5)21(25)22-14-13-15(2)3/h9-12,15-16,19H,6-8,13-14H2,1-5H3,(H,22,25)(H,23,24)/t19-/m0/s1. The molecule has 4 heteroatoms. The average Bonchev–Trinajstić information content (AvgIpc) is 2.57. The van der Waals surface area contributed by atoms with Crippen molar-refractivity contribution in [2.24, 2.45) is 11.8 Å². The number of amides is 2. The van der Waals surface area contributed by atoms with Crippen molar-refractivity contribution in [3.05, 3.63) is 35.4 Å². The molecule has 0 saturated heterocycles. The minimum Gasteiger partial charge on any atom is -0.354 e. The molecule has 0 bridgehead atoms. The van der Waals surface area contributed by atoms with E-state index in [1.807, 2.05) is 38.1 Å². The van der Waals surface area contributed by atoms with Crippen molar-refractivity contribution in [2.45, 2.75) is 66.3 Å². The van der Waals surface area contributed by atoms with E-state index in [-0.39, 0.29) is 17.7 Å². The van der Waals surface area contributed by atoms with Gasteiger partial charge in [-0.25, -0.2) is 0 Å². The SMILES string of the molecule is CCCCc1ccc(C(=O)N[C@H](C(=O)NCCC(C)C)C(C)C)cc1. The second kappa shape index (κ2) is 10.9. The molecular weight excluding hydrogens is 312 g/mol. The molecule has 1 aromatic carbocycles. The zero-order valence-corrected chi connectivity index (χ0v) is 16.4. The molecule has 0 radical (unpaired) electrons. The van der Waals surface area contributed by atoms with Crippen LogP contribution in [0.5, 0.6) is 0 Å². The van der Waals surface area contributed by atoms with Gasteiger partial charge in [-0.1, -0.05) is 53.2 Å². The van der Waals surface area contributed by atoms with E-state index in [2.05, 4.69) is 31.4 Å². The van der Waals surface area contributed by atoms with Crippen LogP contribution in [-0.2, 0) is 11.2 Å². The molecule has 4 nitrogen and oxygen atoms in total. The molecule has 2 N–H and O–H groups in total. The first-order valence-electron chi connectivity index (χ1n) is 9.52. The maximum atomic E-state index is 12.5. The first-order chi connectivity index (χ1) is 11.8. The van der Waals surface area contributed by atoms with E-state index >= 15 is 0 Å². The predicted octanol–water partition coefficient (Wildman–Crippen LogP) is 3.95. The Morgan fingerprint density at radius 2 is 1.68 bits per heavy atom. The maximum Gasteiger partial charge on any atom is 0.251 e. The van der Waals surface area contributed by atoms with Crippen LogP contribution in [0.4, 0.5) is 0 Å². The number of carbonyl (C=O) groups is 2. The Hall–Kier alpha value is -1.84. The first kappa shape index (κ1) is 21.2. The molecule has 1 rings (SSSR count). The molecule has 0 unspecified atom stereocenters. The summed E-state index contributed by atoms with van der Waals surface area (Å²) in [6.45, 7) is 10.9. The molecule has 0 aromatic heterocycles. The van der Waals surface area contributed by atoms with E-state index < -0.39 is 6.04 Å². The largest absolute Gasteiger partial charge is 0.354 e. The quantitative estimate of drug-likeness (QED) is 0.674. The first-order valence-corrected chi connectivity index (χ1v) is 9.52. The normalized spacial score (nSPS) is 12.3. The molecule has 0 spiro atoms. The third-order valence-corrected chi connectivity index (χ3v) is 4.29. The summed E-state index contributed by atoms with van der Waals surface area (Å²) in [7, 11) is 0. The van der Waals surface area contributed by atoms with Gasteiger partial charge in [0.05, 0.1) is 0 Å². The second-order valence-corrected chi connectivity index (χ2v) is 7.47. The van der Waals surface area contributed by atoms with Crippen LogP contribution in [0.15, 0.2) is 24.3 Å². The molecule has 0 heterocycles. The Morgan fingerprint density at radius 1 is 1.04 bits per heavy atom. The zero-order chi connectivity index (χ0) is 18.8. The Kier molecular flexibility index (Phi) is 9.25. The van der Waals surface area contributed by atoms with Crippen molar-refractivity contribution in [1.82, 2.24) is 10.6 Å². The summed E-state index contributed by atoms with van der Waals surface area (Å²) < 4.78 is 0. The molecule has 140 valence electrons. The van der Waals surface area contributed by atoms with Crippen LogP contribution in [-0.4, -0.2) is 24.4 Å². The van der Waals surface area contributed by atoms with Gasteiger partial charge in [-0.2, -0.15) is 0 Å². The second-order valence-electron chi connectivity index (χ2n) is 7.47. The van der Waals surface area contributed by atoms with Gasteiger partial charge >= 0.3 is 0 Å². The van der Waals surface area contributed by atoms with Crippen LogP contribution >= 0.6 is 0 Å². The fourth-order valence-corrected chi connectivity index (χ4v) is 2.56. The summed E-state index contributed by atoms with van der Waals surface area (Å²) in [5, 5.41) is 5.81. The highest BCUT2D eigenvalue weighted by atomic mass is 16.2. The Labute approximate surface area is 152 Å². The summed E-state index contributed by atoms with van der Waals surface area (Å²) in [4.78, 5) is 24.9. The van der Waals surface area contributed by atoms with Gasteiger partial charge in [0.15, 0.2) is 0 Å². The third kappa shape index (κ3) is 7.72. The van der Waals surface area contributed by atoms with Crippen molar-refractivity contribution < 1.29 is 9.59 Å². The molecule has 25 heavy (non-hydrogen) atoms. The lowest BCUT2D eigenvalue weighted by Gasteiger charge is -2.22. The number of nitrogens with one attached hydrogen (secondary N) is 2. The fourth-order valence-electron chi connectivity index (χ4n) is 2.56. The van der Waals surface area contributed by atoms with Crippen LogP contribution in [0.3, 0.4) is 0 Å². The van der Waals surface area contributed by atoms with E-state index in [1.54, 1.807) is 0 Å². The predicted molar refractivity (Wildman–Crippen MR) is 104 cm³/mol. The molecule has 1 aromatic rings. The summed E-state index contributed by atoms with van der Waals surface area (Å²) in [6, 6.07) is 7.16. The van der Waals surface area contributed by atoms with E-state index in [9.17, 15) is 9.59 Å². The number of unbranched alkanes of at least 4 members (excludes halogenated alkanes) is 1. The summed E-state index contributed by atoms with van der Waals surface area (Å²) >= 11 is 0. The van der Waals surface area contributed by atoms with Gasteiger partial charge < -0.3 is 10.6 Å². The van der Waals surface area contributed by atoms with Gasteiger partial charge in [-0.3, -0.25) is 9.59 Å². The van der Waals surface area contributed by atoms with Crippen LogP contribution < -0.4 is 10.6 Å². The smallest absolute Gasteiger partial charge is 0.251 e. The maximum absolute atomic E-state index is 12.5. The van der Waals surface area contributed by atoms with E-state index in [0.29, 0.717) is 18.0 Å². The van der Waals surface area contributed by atoms with Gasteiger partial charge in [0.2, 0.25) is 5.91 Å². The lowest BCUT2D eigenvalue weighted by molar-refractivity contribution is -0.123. The minimum atomic E-state index is -0.514. The summed E-state index contributed by atoms with van der Waals surface area (Å²) in [6.07, 6.45) is 4.27. The number of aryl methyl sites for hydroxylation is 1. The van der Waals surface area contributed by atoms with Crippen LogP contribution in [0, 0.1) is 11.8 Å². The lowest BCUT2D eigenvalue weighted by atomic mass is 10.0. The zero-order valence-electron chi connectivity index (χ0n) is 16.4. The van der Waals surface area contributed by atoms with E-state index in [4.69, 9.17) is 0 Å². The Bertz CT molecular complexity index is 535. The summed E-state index contributed by atoms with van der Waals surface area (Å²) in [5.41, 5.74) is 1.84. The van der Waals surface area contributed by atoms with Crippen LogP contribution in [0.25, 0.3) is 0 Å². The number of rotatable bonds is 10. The molecular formula is C21H34N2O2. The van der Waals surface area contributed by atoms with Gasteiger partial charge in [0, 0.05) is 12.1 Å². The molecule has 0 aliphatic carbocycles. The number of carbonyl (C=O) groups excluding carboxylic acids is 2. The van der Waals surface area contributed by atoms with Crippen molar-refractivity contribution in [3.8, 4) is 0 Å². The number of hydrogen-bond acceptors (Lipinski definition) is 2. The molecule has 2 amide bonds. The third-order valence-electron chi connectivity index (χ3n) is 4.29. The van der Waals surface area contributed by atoms with Crippen LogP contribution in [0.1, 0.15) is 69.8 Å². The highest BCUT2D eigenvalue weighted by Gasteiger charge is 2.24. The highest BCUT2D eigenvalue weighted by molar-refractivity contribution is 5.97. The Morgan fingerprint density at radius 3 is 2.20 bits per heavy atom. The molecule has 1 atom stereocenters. The van der Waals surface area contributed by atoms with E-state index in [0.717, 1.165) is 25.7 Å². The average molecular weight is 347 g/mol. The van der Waals surface area contributed by atoms with E-state index in [1.165, 1.54) is 5.56 Å². The highest BCUT2D eigenvalue weighted by Crippen LogP contribution is 2.10. The molecule has 0 aliphatic rings. The lowest BCUT2D eigenvalue weighted by Crippen LogP contribution is -2.50. The minimum absolute atomic E-state index is 0.0341. The molecule has 0 saturated carbocycles. The number of hydrogen-bond donors (Lipinski definition) is 2. The number of benzene rings is 1. The molecule has 0 fully saturated rings. The van der Waals surface area contributed by atoms with Crippen molar-refractivity contribution >= 4 is 11.8 Å². The van der Waals surface area contributed by atoms with Gasteiger partial charge in [-0.15, -0.1) is 0 Å². The monoisotopic (exact) mass is 346 g/mol. The topological polar surface area (TPSA) is 58.2 Å². The van der Waals surface area contributed by atoms with Crippen molar-refractivity contribution in [3.63, 3.8) is 0 Å². The summed E-state index contributed by atoms with van der Waals surface area (Å²) in [5.74, 6) is 0.272. The van der Waals surface area contributed by atoms with Crippen molar-refractivity contribution in [2.75, 3.05) is 6.54 Å². The van der Waals surface area contributed by atoms with Crippen LogP contribution in [0.2, 0.25) is 0 Å².